The van der Waals surface area contributed by atoms with E-state index in [1.807, 2.05) is 19.2 Å². The zero-order chi connectivity index (χ0) is 21.0. The number of benzene rings is 2. The Hall–Kier alpha value is -2.55. The highest BCUT2D eigenvalue weighted by Crippen LogP contribution is 2.27. The predicted molar refractivity (Wildman–Crippen MR) is 117 cm³/mol. The van der Waals surface area contributed by atoms with Crippen LogP contribution in [-0.2, 0) is 16.6 Å². The molecule has 0 fully saturated rings. The molecule has 0 aliphatic heterocycles. The van der Waals surface area contributed by atoms with Crippen LogP contribution in [0.3, 0.4) is 0 Å². The van der Waals surface area contributed by atoms with Gasteiger partial charge in [0.25, 0.3) is 0 Å². The number of carbonyl (C=O) groups is 2. The second-order valence-electron chi connectivity index (χ2n) is 6.08. The molecule has 0 saturated heterocycles. The molecule has 3 aromatic rings. The Labute approximate surface area is 181 Å². The maximum absolute atomic E-state index is 12.2. The van der Waals surface area contributed by atoms with Crippen molar-refractivity contribution in [3.63, 3.8) is 0 Å². The summed E-state index contributed by atoms with van der Waals surface area (Å²) < 4.78 is 1.81. The molecule has 0 bridgehead atoms. The number of carbonyl (C=O) groups excluding carboxylic acids is 2. The predicted octanol–water partition coefficient (Wildman–Crippen LogP) is 4.48. The third-order valence-corrected chi connectivity index (χ3v) is 5.40. The zero-order valence-electron chi connectivity index (χ0n) is 15.6. The third-order valence-electron chi connectivity index (χ3n) is 3.84. The van der Waals surface area contributed by atoms with Crippen LogP contribution in [-0.4, -0.2) is 32.3 Å². The molecule has 1 heterocycles. The van der Waals surface area contributed by atoms with Crippen molar-refractivity contribution in [2.24, 2.45) is 7.05 Å². The number of nitrogens with zero attached hydrogens (tertiary/aromatic N) is 3. The lowest BCUT2D eigenvalue weighted by Crippen LogP contribution is -2.14. The largest absolute Gasteiger partial charge is 0.326 e. The minimum atomic E-state index is -0.219. The average molecular weight is 450 g/mol. The fraction of sp³-hybridized carbons (Fsp3) is 0.158. The Morgan fingerprint density at radius 1 is 1.07 bits per heavy atom. The number of hydrogen-bond donors (Lipinski definition) is 2. The van der Waals surface area contributed by atoms with Gasteiger partial charge in [-0.1, -0.05) is 35.0 Å². The van der Waals surface area contributed by atoms with Crippen LogP contribution in [0.15, 0.2) is 47.6 Å². The number of halogens is 2. The molecular formula is C19H17Cl2N5O2S. The van der Waals surface area contributed by atoms with Gasteiger partial charge in [-0.15, -0.1) is 10.2 Å². The molecule has 2 amide bonds. The van der Waals surface area contributed by atoms with E-state index >= 15 is 0 Å². The van der Waals surface area contributed by atoms with Crippen molar-refractivity contribution < 1.29 is 9.59 Å². The summed E-state index contributed by atoms with van der Waals surface area (Å²) in [5, 5.41) is 15.3. The molecule has 0 unspecified atom stereocenters. The molecule has 0 radical (unpaired) electrons. The van der Waals surface area contributed by atoms with Crippen LogP contribution in [0.5, 0.6) is 0 Å². The van der Waals surface area contributed by atoms with Crippen LogP contribution in [0.1, 0.15) is 6.92 Å². The average Bonchev–Trinajstić information content (AvgIpc) is 3.03. The van der Waals surface area contributed by atoms with Crippen LogP contribution >= 0.6 is 35.0 Å². The Balaban J connectivity index is 1.63. The topological polar surface area (TPSA) is 88.9 Å². The van der Waals surface area contributed by atoms with E-state index in [1.165, 1.54) is 18.7 Å². The maximum atomic E-state index is 12.2. The number of nitrogens with one attached hydrogen (secondary N) is 2. The quantitative estimate of drug-likeness (QED) is 0.541. The van der Waals surface area contributed by atoms with Gasteiger partial charge >= 0.3 is 0 Å². The summed E-state index contributed by atoms with van der Waals surface area (Å²) in [4.78, 5) is 23.3. The molecule has 0 saturated carbocycles. The van der Waals surface area contributed by atoms with E-state index in [9.17, 15) is 9.59 Å². The van der Waals surface area contributed by atoms with E-state index in [-0.39, 0.29) is 17.6 Å². The second kappa shape index (κ2) is 9.30. The molecule has 29 heavy (non-hydrogen) atoms. The molecule has 0 aliphatic rings. The van der Waals surface area contributed by atoms with Crippen LogP contribution in [0.25, 0.3) is 11.4 Å². The van der Waals surface area contributed by atoms with Crippen molar-refractivity contribution >= 4 is 58.2 Å². The number of thioether (sulfide) groups is 1. The minimum Gasteiger partial charge on any atom is -0.326 e. The monoisotopic (exact) mass is 449 g/mol. The molecule has 150 valence electrons. The van der Waals surface area contributed by atoms with Gasteiger partial charge in [0.1, 0.15) is 0 Å². The molecule has 3 rings (SSSR count). The van der Waals surface area contributed by atoms with Gasteiger partial charge < -0.3 is 15.2 Å². The molecule has 0 spiro atoms. The standard InChI is InChI=1S/C19H17Cl2N5O2S/c1-11(27)22-14-6-3-12(4-7-14)18-24-25-19(26(18)2)29-10-17(28)23-16-8-5-13(20)9-15(16)21/h3-9H,10H2,1-2H3,(H,22,27)(H,23,28). The minimum absolute atomic E-state index is 0.131. The fourth-order valence-electron chi connectivity index (χ4n) is 2.51. The maximum Gasteiger partial charge on any atom is 0.234 e. The van der Waals surface area contributed by atoms with Crippen LogP contribution < -0.4 is 10.6 Å². The number of anilines is 2. The van der Waals surface area contributed by atoms with Gasteiger partial charge in [-0.05, 0) is 42.5 Å². The highest BCUT2D eigenvalue weighted by atomic mass is 35.5. The van der Waals surface area contributed by atoms with Gasteiger partial charge in [-0.3, -0.25) is 9.59 Å². The molecule has 7 nitrogen and oxygen atoms in total. The Morgan fingerprint density at radius 3 is 2.45 bits per heavy atom. The number of rotatable bonds is 6. The van der Waals surface area contributed by atoms with E-state index in [1.54, 1.807) is 34.9 Å². The first-order chi connectivity index (χ1) is 13.8. The van der Waals surface area contributed by atoms with Crippen LogP contribution in [0.4, 0.5) is 11.4 Å². The first-order valence-electron chi connectivity index (χ1n) is 8.48. The van der Waals surface area contributed by atoms with Crippen molar-refractivity contribution in [2.75, 3.05) is 16.4 Å². The second-order valence-corrected chi connectivity index (χ2v) is 7.87. The summed E-state index contributed by atoms with van der Waals surface area (Å²) in [6.07, 6.45) is 0. The lowest BCUT2D eigenvalue weighted by atomic mass is 10.2. The van der Waals surface area contributed by atoms with Gasteiger partial charge in [0, 0.05) is 30.2 Å². The molecular weight excluding hydrogens is 433 g/mol. The lowest BCUT2D eigenvalue weighted by molar-refractivity contribution is -0.114. The normalized spacial score (nSPS) is 10.6. The number of amides is 2. The Kier molecular flexibility index (Phi) is 6.79. The van der Waals surface area contributed by atoms with E-state index in [2.05, 4.69) is 20.8 Å². The molecule has 0 aliphatic carbocycles. The van der Waals surface area contributed by atoms with Gasteiger partial charge in [-0.25, -0.2) is 0 Å². The van der Waals surface area contributed by atoms with Crippen LogP contribution in [0.2, 0.25) is 10.0 Å². The molecule has 0 atom stereocenters. The highest BCUT2D eigenvalue weighted by molar-refractivity contribution is 7.99. The summed E-state index contributed by atoms with van der Waals surface area (Å²) in [6.45, 7) is 1.46. The zero-order valence-corrected chi connectivity index (χ0v) is 17.9. The van der Waals surface area contributed by atoms with E-state index in [0.717, 1.165) is 5.56 Å². The highest BCUT2D eigenvalue weighted by Gasteiger charge is 2.14. The number of aromatic nitrogens is 3. The smallest absolute Gasteiger partial charge is 0.234 e. The number of hydrogen-bond acceptors (Lipinski definition) is 5. The van der Waals surface area contributed by atoms with Gasteiger partial charge in [0.2, 0.25) is 11.8 Å². The van der Waals surface area contributed by atoms with Crippen molar-refractivity contribution in [1.82, 2.24) is 14.8 Å². The molecule has 10 heteroatoms. The summed E-state index contributed by atoms with van der Waals surface area (Å²) in [6, 6.07) is 12.2. The Bertz CT molecular complexity index is 1050. The lowest BCUT2D eigenvalue weighted by Gasteiger charge is -2.08. The van der Waals surface area contributed by atoms with Gasteiger partial charge in [-0.2, -0.15) is 0 Å². The first kappa shape index (κ1) is 21.2. The molecule has 2 N–H and O–H groups in total. The summed E-state index contributed by atoms with van der Waals surface area (Å²) in [5.41, 5.74) is 2.05. The fourth-order valence-corrected chi connectivity index (χ4v) is 3.67. The SMILES string of the molecule is CC(=O)Nc1ccc(-c2nnc(SCC(=O)Nc3ccc(Cl)cc3Cl)n2C)cc1. The molecule has 1 aromatic heterocycles. The van der Waals surface area contributed by atoms with Crippen molar-refractivity contribution in [1.29, 1.82) is 0 Å². The molecule has 2 aromatic carbocycles. The van der Waals surface area contributed by atoms with Gasteiger partial charge in [0.05, 0.1) is 16.5 Å². The van der Waals surface area contributed by atoms with E-state index in [0.29, 0.717) is 32.4 Å². The first-order valence-corrected chi connectivity index (χ1v) is 10.2. The summed E-state index contributed by atoms with van der Waals surface area (Å²) in [5.74, 6) is 0.451. The van der Waals surface area contributed by atoms with Gasteiger partial charge in [0.15, 0.2) is 11.0 Å². The van der Waals surface area contributed by atoms with Crippen molar-refractivity contribution in [2.45, 2.75) is 12.1 Å². The van der Waals surface area contributed by atoms with E-state index < -0.39 is 0 Å². The van der Waals surface area contributed by atoms with E-state index in [4.69, 9.17) is 23.2 Å². The third kappa shape index (κ3) is 5.50. The van der Waals surface area contributed by atoms with Crippen LogP contribution in [0, 0.1) is 0 Å². The van der Waals surface area contributed by atoms with Crippen molar-refractivity contribution in [3.8, 4) is 11.4 Å². The Morgan fingerprint density at radius 2 is 1.79 bits per heavy atom. The summed E-state index contributed by atoms with van der Waals surface area (Å²) in [7, 11) is 1.83. The van der Waals surface area contributed by atoms with Crippen molar-refractivity contribution in [3.05, 3.63) is 52.5 Å². The summed E-state index contributed by atoms with van der Waals surface area (Å²) >= 11 is 13.2.